The van der Waals surface area contributed by atoms with Crippen molar-refractivity contribution in [1.82, 2.24) is 19.1 Å². The molecule has 0 aliphatic carbocycles. The number of ether oxygens (including phenoxy) is 1. The van der Waals surface area contributed by atoms with Gasteiger partial charge >= 0.3 is 5.97 Å². The van der Waals surface area contributed by atoms with Gasteiger partial charge in [0, 0.05) is 48.9 Å². The van der Waals surface area contributed by atoms with Crippen LogP contribution in [0.1, 0.15) is 53.9 Å². The van der Waals surface area contributed by atoms with Crippen LogP contribution in [0.2, 0.25) is 0 Å². The number of aliphatic hydroxyl groups is 1. The minimum atomic E-state index is -0.134. The number of hydrogen-bond acceptors (Lipinski definition) is 5. The van der Waals surface area contributed by atoms with Crippen LogP contribution in [0.5, 0.6) is 0 Å². The molecule has 0 saturated heterocycles. The van der Waals surface area contributed by atoms with E-state index in [2.05, 4.69) is 37.7 Å². The van der Waals surface area contributed by atoms with Crippen molar-refractivity contribution >= 4 is 5.97 Å². The van der Waals surface area contributed by atoms with Gasteiger partial charge in [-0.2, -0.15) is 0 Å². The van der Waals surface area contributed by atoms with E-state index in [1.807, 2.05) is 28.5 Å². The van der Waals surface area contributed by atoms with Gasteiger partial charge in [-0.1, -0.05) is 0 Å². The Morgan fingerprint density at radius 1 is 1.00 bits per heavy atom. The summed E-state index contributed by atoms with van der Waals surface area (Å²) >= 11 is 0. The number of aromatic nitrogens is 4. The molecule has 0 radical (unpaired) electrons. The zero-order valence-corrected chi connectivity index (χ0v) is 16.6. The lowest BCUT2D eigenvalue weighted by Gasteiger charge is -2.25. The summed E-state index contributed by atoms with van der Waals surface area (Å²) < 4.78 is 8.90. The molecule has 0 unspecified atom stereocenters. The van der Waals surface area contributed by atoms with Crippen LogP contribution in [0.25, 0.3) is 0 Å². The third-order valence-electron chi connectivity index (χ3n) is 4.38. The van der Waals surface area contributed by atoms with Gasteiger partial charge in [0.15, 0.2) is 0 Å². The van der Waals surface area contributed by atoms with E-state index in [1.54, 1.807) is 25.0 Å². The predicted octanol–water partition coefficient (Wildman–Crippen LogP) is 2.96. The van der Waals surface area contributed by atoms with Gasteiger partial charge in [-0.3, -0.25) is 4.79 Å². The topological polar surface area (TPSA) is 82.2 Å². The Labute approximate surface area is 156 Å². The average molecular weight is 364 g/mol. The molecule has 26 heavy (non-hydrogen) atoms. The Kier molecular flexibility index (Phi) is 8.51. The van der Waals surface area contributed by atoms with Gasteiger partial charge in [0.25, 0.3) is 0 Å². The third-order valence-corrected chi connectivity index (χ3v) is 4.38. The minimum Gasteiger partial charge on any atom is -0.466 e. The fourth-order valence-electron chi connectivity index (χ4n) is 2.41. The summed E-state index contributed by atoms with van der Waals surface area (Å²) in [6, 6.07) is 0. The maximum absolute atomic E-state index is 11.2. The molecule has 2 aromatic rings. The molecular formula is C19H32N4O3. The van der Waals surface area contributed by atoms with E-state index in [4.69, 9.17) is 9.84 Å². The molecule has 0 saturated carbocycles. The molecule has 2 heterocycles. The van der Waals surface area contributed by atoms with Crippen molar-refractivity contribution in [3.63, 3.8) is 0 Å². The second-order valence-corrected chi connectivity index (χ2v) is 7.34. The van der Waals surface area contributed by atoms with Gasteiger partial charge in [-0.05, 0) is 47.5 Å². The van der Waals surface area contributed by atoms with Crippen molar-refractivity contribution in [2.75, 3.05) is 13.2 Å². The first-order valence-electron chi connectivity index (χ1n) is 8.96. The van der Waals surface area contributed by atoms with E-state index in [9.17, 15) is 4.79 Å². The number of aliphatic hydroxyl groups excluding tert-OH is 1. The van der Waals surface area contributed by atoms with Crippen LogP contribution in [-0.2, 0) is 20.6 Å². The zero-order valence-electron chi connectivity index (χ0n) is 16.6. The molecule has 0 aromatic carbocycles. The van der Waals surface area contributed by atoms with Crippen molar-refractivity contribution in [1.29, 1.82) is 0 Å². The van der Waals surface area contributed by atoms with Crippen molar-refractivity contribution in [3.05, 3.63) is 37.4 Å². The first-order chi connectivity index (χ1) is 12.2. The number of carbonyl (C=O) groups is 1. The molecule has 0 bridgehead atoms. The number of esters is 1. The number of nitrogens with zero attached hydrogens (tertiary/aromatic N) is 4. The Bertz CT molecular complexity index is 619. The lowest BCUT2D eigenvalue weighted by Crippen LogP contribution is -2.26. The molecule has 1 N–H and O–H groups in total. The molecule has 2 aromatic heterocycles. The van der Waals surface area contributed by atoms with Gasteiger partial charge in [0.2, 0.25) is 0 Å². The van der Waals surface area contributed by atoms with Gasteiger partial charge in [-0.25, -0.2) is 9.97 Å². The molecule has 7 nitrogen and oxygen atoms in total. The van der Waals surface area contributed by atoms with Crippen LogP contribution in [0.4, 0.5) is 0 Å². The van der Waals surface area contributed by atoms with E-state index in [1.165, 1.54) is 0 Å². The molecule has 0 atom stereocenters. The van der Waals surface area contributed by atoms with E-state index in [0.717, 1.165) is 12.8 Å². The Balaban J connectivity index is 0.000000273. The van der Waals surface area contributed by atoms with E-state index >= 15 is 0 Å². The lowest BCUT2D eigenvalue weighted by atomic mass is 9.98. The fourth-order valence-corrected chi connectivity index (χ4v) is 2.41. The van der Waals surface area contributed by atoms with Gasteiger partial charge in [0.1, 0.15) is 0 Å². The van der Waals surface area contributed by atoms with Crippen molar-refractivity contribution in [3.8, 4) is 0 Å². The highest BCUT2D eigenvalue weighted by Crippen LogP contribution is 2.21. The van der Waals surface area contributed by atoms with E-state index < -0.39 is 0 Å². The molecule has 0 aliphatic heterocycles. The summed E-state index contributed by atoms with van der Waals surface area (Å²) in [5.41, 5.74) is -0.117. The summed E-state index contributed by atoms with van der Waals surface area (Å²) in [6.45, 7) is 10.8. The molecule has 0 aliphatic rings. The summed E-state index contributed by atoms with van der Waals surface area (Å²) in [7, 11) is 0. The Morgan fingerprint density at radius 2 is 1.50 bits per heavy atom. The van der Waals surface area contributed by atoms with Crippen LogP contribution >= 0.6 is 0 Å². The van der Waals surface area contributed by atoms with Crippen molar-refractivity contribution in [2.45, 2.75) is 65.0 Å². The van der Waals surface area contributed by atoms with Crippen molar-refractivity contribution < 1.29 is 14.6 Å². The second-order valence-electron chi connectivity index (χ2n) is 7.34. The van der Waals surface area contributed by atoms with Crippen LogP contribution in [0, 0.1) is 0 Å². The summed E-state index contributed by atoms with van der Waals surface area (Å²) in [6.07, 6.45) is 12.8. The Morgan fingerprint density at radius 3 is 1.88 bits per heavy atom. The summed E-state index contributed by atoms with van der Waals surface area (Å²) in [5.74, 6) is -0.134. The standard InChI is InChI=1S/C11H18N2O2.C8H14N2O/c1-4-15-10(14)5-6-11(2,3)13-8-7-12-9-13;1-8(2,3-6-11)10-5-4-9-7-10/h7-9H,4-6H2,1-3H3;4-5,7,11H,3,6H2,1-2H3. The first kappa shape index (κ1) is 21.9. The van der Waals surface area contributed by atoms with Crippen LogP contribution in [0.15, 0.2) is 37.4 Å². The third kappa shape index (κ3) is 7.00. The highest BCUT2D eigenvalue weighted by molar-refractivity contribution is 5.69. The zero-order chi connectivity index (χ0) is 19.6. The molecule has 2 rings (SSSR count). The summed E-state index contributed by atoms with van der Waals surface area (Å²) in [5, 5.41) is 8.77. The lowest BCUT2D eigenvalue weighted by molar-refractivity contribution is -0.143. The van der Waals surface area contributed by atoms with Crippen LogP contribution in [-0.4, -0.2) is 43.4 Å². The first-order valence-corrected chi connectivity index (χ1v) is 8.96. The van der Waals surface area contributed by atoms with Gasteiger partial charge < -0.3 is 19.0 Å². The van der Waals surface area contributed by atoms with Gasteiger partial charge in [0.05, 0.1) is 19.3 Å². The number of hydrogen-bond donors (Lipinski definition) is 1. The van der Waals surface area contributed by atoms with Gasteiger partial charge in [-0.15, -0.1) is 0 Å². The maximum Gasteiger partial charge on any atom is 0.305 e. The molecule has 0 fully saturated rings. The monoisotopic (exact) mass is 364 g/mol. The average Bonchev–Trinajstić information content (AvgIpc) is 3.27. The second kappa shape index (κ2) is 10.1. The molecule has 0 amide bonds. The summed E-state index contributed by atoms with van der Waals surface area (Å²) in [4.78, 5) is 19.2. The number of carbonyl (C=O) groups excluding carboxylic acids is 1. The molecule has 0 spiro atoms. The van der Waals surface area contributed by atoms with E-state index in [-0.39, 0.29) is 23.7 Å². The Hall–Kier alpha value is -2.15. The van der Waals surface area contributed by atoms with Crippen molar-refractivity contribution in [2.24, 2.45) is 0 Å². The number of rotatable bonds is 8. The highest BCUT2D eigenvalue weighted by Gasteiger charge is 2.21. The van der Waals surface area contributed by atoms with E-state index in [0.29, 0.717) is 13.0 Å². The quantitative estimate of drug-likeness (QED) is 0.728. The normalized spacial score (nSPS) is 11.6. The highest BCUT2D eigenvalue weighted by atomic mass is 16.5. The largest absolute Gasteiger partial charge is 0.466 e. The fraction of sp³-hybridized carbons (Fsp3) is 0.632. The van der Waals surface area contributed by atoms with Crippen LogP contribution in [0.3, 0.4) is 0 Å². The number of imidazole rings is 2. The predicted molar refractivity (Wildman–Crippen MR) is 101 cm³/mol. The SMILES string of the molecule is CC(C)(CCO)n1ccnc1.CCOC(=O)CCC(C)(C)n1ccnc1. The molecular weight excluding hydrogens is 332 g/mol. The smallest absolute Gasteiger partial charge is 0.305 e. The molecule has 146 valence electrons. The maximum atomic E-state index is 11.2. The minimum absolute atomic E-state index is 0.0226. The molecule has 7 heteroatoms. The van der Waals surface area contributed by atoms with Crippen LogP contribution < -0.4 is 0 Å².